The van der Waals surface area contributed by atoms with Crippen molar-refractivity contribution in [3.05, 3.63) is 265 Å². The van der Waals surface area contributed by atoms with Crippen LogP contribution in [0.4, 0.5) is 0 Å². The third-order valence-electron chi connectivity index (χ3n) is 13.3. The number of hydrogen-bond donors (Lipinski definition) is 0. The van der Waals surface area contributed by atoms with E-state index in [1.165, 1.54) is 38.9 Å². The van der Waals surface area contributed by atoms with Gasteiger partial charge in [0.15, 0.2) is 0 Å². The molecule has 2 aliphatic rings. The second kappa shape index (κ2) is 25.8. The summed E-state index contributed by atoms with van der Waals surface area (Å²) in [6.45, 7) is 13.8. The zero-order valence-electron chi connectivity index (χ0n) is 38.2. The van der Waals surface area contributed by atoms with E-state index in [0.29, 0.717) is 48.4 Å². The molecule has 66 heavy (non-hydrogen) atoms. The summed E-state index contributed by atoms with van der Waals surface area (Å²) in [6, 6.07) is 74.8. The third-order valence-corrected chi connectivity index (χ3v) is 18.8. The van der Waals surface area contributed by atoms with Crippen LogP contribution in [0.1, 0.15) is 45.9 Å². The van der Waals surface area contributed by atoms with Crippen LogP contribution in [-0.2, 0) is 76.8 Å². The summed E-state index contributed by atoms with van der Waals surface area (Å²) in [4.78, 5) is 0. The molecule has 0 amide bonds. The first-order valence-corrected chi connectivity index (χ1v) is 26.6. The van der Waals surface area contributed by atoms with Gasteiger partial charge in [0, 0.05) is 0 Å². The van der Waals surface area contributed by atoms with Gasteiger partial charge in [-0.05, 0) is 93.2 Å². The Kier molecular flexibility index (Phi) is 19.4. The Bertz CT molecular complexity index is 2280. The first-order chi connectivity index (χ1) is 32.0. The molecule has 0 radical (unpaired) electrons. The maximum absolute atomic E-state index is 6.76. The fourth-order valence-corrected chi connectivity index (χ4v) is 15.3. The molecule has 7 aromatic carbocycles. The van der Waals surface area contributed by atoms with Crippen molar-refractivity contribution in [3.63, 3.8) is 0 Å². The molecule has 0 aliphatic carbocycles. The average molecular weight is 951 g/mol. The van der Waals surface area contributed by atoms with Crippen molar-refractivity contribution in [2.24, 2.45) is 5.92 Å². The molecule has 2 fully saturated rings. The van der Waals surface area contributed by atoms with Crippen LogP contribution in [0.2, 0.25) is 0 Å². The van der Waals surface area contributed by atoms with Crippen LogP contribution in [0.15, 0.2) is 212 Å². The first-order valence-electron chi connectivity index (χ1n) is 23.3. The van der Waals surface area contributed by atoms with E-state index < -0.39 is 7.92 Å². The summed E-state index contributed by atoms with van der Waals surface area (Å²) in [5.74, 6) is 0.510. The summed E-state index contributed by atoms with van der Waals surface area (Å²) >= 11 is 0. The van der Waals surface area contributed by atoms with E-state index in [0.717, 1.165) is 25.7 Å². The Morgan fingerprint density at radius 3 is 0.818 bits per heavy atom. The van der Waals surface area contributed by atoms with Crippen molar-refractivity contribution in [3.8, 4) is 0 Å². The molecule has 3 unspecified atom stereocenters. The van der Waals surface area contributed by atoms with Gasteiger partial charge in [-0.2, -0.15) is 0 Å². The zero-order valence-corrected chi connectivity index (χ0v) is 41.1. The Labute approximate surface area is 408 Å². The minimum atomic E-state index is -0.579. The Morgan fingerprint density at radius 1 is 0.318 bits per heavy atom. The smallest absolute Gasteiger partial charge is 0.373 e. The van der Waals surface area contributed by atoms with Crippen LogP contribution in [0.5, 0.6) is 0 Å². The maximum atomic E-state index is 6.76. The molecule has 340 valence electrons. The molecule has 0 spiro atoms. The topological polar surface area (TPSA) is 27.7 Å². The molecule has 0 saturated carbocycles. The molecule has 2 aliphatic heterocycles. The molecular formula is C60H64FeO3P2. The zero-order chi connectivity index (χ0) is 44.6. The van der Waals surface area contributed by atoms with Gasteiger partial charge in [-0.15, -0.1) is 0 Å². The van der Waals surface area contributed by atoms with E-state index in [1.54, 1.807) is 0 Å². The van der Waals surface area contributed by atoms with Gasteiger partial charge < -0.3 is 27.5 Å². The van der Waals surface area contributed by atoms with Gasteiger partial charge in [-0.1, -0.05) is 219 Å². The molecule has 0 bridgehead atoms. The van der Waals surface area contributed by atoms with Crippen LogP contribution in [-0.4, -0.2) is 40.9 Å². The molecule has 0 N–H and O–H groups in total. The number of rotatable bonds is 17. The number of hydrogen-bond acceptors (Lipinski definition) is 3. The fourth-order valence-electron chi connectivity index (χ4n) is 9.77. The minimum absolute atomic E-state index is 0. The quantitative estimate of drug-likeness (QED) is 0.0517. The van der Waals surface area contributed by atoms with Gasteiger partial charge >= 0.3 is 17.1 Å². The molecule has 6 heteroatoms. The van der Waals surface area contributed by atoms with E-state index in [4.69, 9.17) is 27.5 Å². The predicted molar refractivity (Wildman–Crippen MR) is 275 cm³/mol. The Morgan fingerprint density at radius 2 is 0.530 bits per heavy atom. The van der Waals surface area contributed by atoms with Crippen molar-refractivity contribution in [1.29, 1.82) is 0 Å². The second-order valence-corrected chi connectivity index (χ2v) is 22.4. The standard InChI is InChI=1S/C33H34O2P.C27H30OP.Fe/c1-36-30(22-26-14-6-2-7-15-26)32(34-24-28-18-10-4-11-19-28)33(35-25-29-20-12-5-13-21-29)31(36)23-27-16-8-3-9-17-27;1-21-25(18-22-12-6-3-7-13-22)29(2)26(19-23-14-8-4-9-15-23)27(21)28-20-24-16-10-5-11-17-24;/h2-21,30-33H,1,22-25H2;3-17,21,25-27H,2,18-20H2,1H3;/q2*-1;+2/t30-,31?,32-,33+,36?;21-,25-,26-,27+,29?;/m00./s1. The van der Waals surface area contributed by atoms with Gasteiger partial charge in [0.05, 0.1) is 38.1 Å². The Balaban J connectivity index is 0.000000198. The molecular weight excluding hydrogens is 886 g/mol. The van der Waals surface area contributed by atoms with Crippen LogP contribution in [0, 0.1) is 19.2 Å². The van der Waals surface area contributed by atoms with Gasteiger partial charge in [-0.3, -0.25) is 15.8 Å². The molecule has 7 aromatic rings. The van der Waals surface area contributed by atoms with Gasteiger partial charge in [-0.25, -0.2) is 0 Å². The van der Waals surface area contributed by atoms with Crippen molar-refractivity contribution >= 4 is 15.8 Å². The fraction of sp³-hybridized carbons (Fsp3) is 0.267. The maximum Gasteiger partial charge on any atom is 2.00 e. The Hall–Kier alpha value is -4.20. The second-order valence-electron chi connectivity index (χ2n) is 17.7. The first kappa shape index (κ1) is 49.7. The molecule has 0 aromatic heterocycles. The van der Waals surface area contributed by atoms with E-state index >= 15 is 0 Å². The number of ether oxygens (including phenoxy) is 3. The monoisotopic (exact) mass is 950 g/mol. The molecule has 3 nitrogen and oxygen atoms in total. The van der Waals surface area contributed by atoms with Gasteiger partial charge in [0.25, 0.3) is 0 Å². The normalized spacial score (nSPS) is 24.5. The van der Waals surface area contributed by atoms with Crippen molar-refractivity contribution < 1.29 is 31.3 Å². The molecule has 2 heterocycles. The van der Waals surface area contributed by atoms with Crippen LogP contribution >= 0.6 is 15.8 Å². The van der Waals surface area contributed by atoms with Crippen molar-refractivity contribution in [2.45, 2.75) is 93.4 Å². The molecule has 10 atom stereocenters. The summed E-state index contributed by atoms with van der Waals surface area (Å²) in [6.07, 6.45) is 4.34. The summed E-state index contributed by atoms with van der Waals surface area (Å²) in [5, 5.41) is 0. The van der Waals surface area contributed by atoms with E-state index in [-0.39, 0.29) is 43.3 Å². The van der Waals surface area contributed by atoms with Gasteiger partial charge in [0.2, 0.25) is 0 Å². The van der Waals surface area contributed by atoms with Gasteiger partial charge in [0.1, 0.15) is 0 Å². The van der Waals surface area contributed by atoms with Crippen LogP contribution in [0.25, 0.3) is 0 Å². The minimum Gasteiger partial charge on any atom is -0.373 e. The molecule has 2 saturated heterocycles. The molecule has 9 rings (SSSR count). The average Bonchev–Trinajstić information content (AvgIpc) is 3.73. The van der Waals surface area contributed by atoms with Crippen LogP contribution in [0.3, 0.4) is 0 Å². The SMILES string of the molecule is [CH2-]P1C(Cc2ccccc2)[C@@H](OCc2ccccc2)[C@@H](OCc2ccccc2)[C@@H]1Cc1ccccc1.[CH2-]P1[C@@H](Cc2ccccc2)[C@H](C)[C@@H](OCc2ccccc2)[C@@H]1Cc1ccccc1.[Fe+2]. The predicted octanol–water partition coefficient (Wildman–Crippen LogP) is 14.4. The number of benzene rings is 7. The van der Waals surface area contributed by atoms with E-state index in [2.05, 4.69) is 207 Å². The van der Waals surface area contributed by atoms with Crippen molar-refractivity contribution in [2.75, 3.05) is 0 Å². The summed E-state index contributed by atoms with van der Waals surface area (Å²) in [5.41, 5.74) is 10.9. The summed E-state index contributed by atoms with van der Waals surface area (Å²) < 4.78 is 20.1. The summed E-state index contributed by atoms with van der Waals surface area (Å²) in [7, 11) is -0.952. The third kappa shape index (κ3) is 13.7. The van der Waals surface area contributed by atoms with Crippen LogP contribution < -0.4 is 0 Å². The van der Waals surface area contributed by atoms with E-state index in [1.807, 2.05) is 12.1 Å². The largest absolute Gasteiger partial charge is 2.00 e. The van der Waals surface area contributed by atoms with Crippen molar-refractivity contribution in [1.82, 2.24) is 0 Å². The van der Waals surface area contributed by atoms with E-state index in [9.17, 15) is 0 Å².